The summed E-state index contributed by atoms with van der Waals surface area (Å²) >= 11 is 0. The number of hydrogen-bond donors (Lipinski definition) is 0. The largest absolute Gasteiger partial charge is 0.496 e. The summed E-state index contributed by atoms with van der Waals surface area (Å²) in [7, 11) is 3.27. The monoisotopic (exact) mass is 283 g/mol. The molecule has 3 rings (SSSR count). The zero-order valence-electron chi connectivity index (χ0n) is 12.1. The summed E-state index contributed by atoms with van der Waals surface area (Å²) in [6.07, 6.45) is 0. The average molecular weight is 283 g/mol. The van der Waals surface area contributed by atoms with Gasteiger partial charge in [-0.05, 0) is 0 Å². The standard InChI is InChI=1S/C17H17NO3/c1-19-13-10-14(20-2)16-15(11-13)21-9-8-18-17(16)12-6-4-3-5-7-12/h3-7,10-11H,8-9H2,1-2H3. The normalized spacial score (nSPS) is 13.5. The van der Waals surface area contributed by atoms with Crippen molar-refractivity contribution >= 4 is 5.71 Å². The second kappa shape index (κ2) is 5.87. The molecule has 0 aromatic heterocycles. The van der Waals surface area contributed by atoms with Crippen molar-refractivity contribution in [3.63, 3.8) is 0 Å². The van der Waals surface area contributed by atoms with Crippen LogP contribution in [-0.2, 0) is 0 Å². The zero-order valence-corrected chi connectivity index (χ0v) is 12.1. The highest BCUT2D eigenvalue weighted by molar-refractivity contribution is 6.16. The summed E-state index contributed by atoms with van der Waals surface area (Å²) in [6, 6.07) is 13.8. The van der Waals surface area contributed by atoms with Gasteiger partial charge in [0.05, 0.1) is 32.0 Å². The van der Waals surface area contributed by atoms with Gasteiger partial charge in [0.15, 0.2) is 0 Å². The molecule has 2 aromatic carbocycles. The van der Waals surface area contributed by atoms with E-state index in [1.165, 1.54) is 0 Å². The lowest BCUT2D eigenvalue weighted by molar-refractivity contribution is 0.323. The van der Waals surface area contributed by atoms with E-state index in [1.54, 1.807) is 14.2 Å². The lowest BCUT2D eigenvalue weighted by Crippen LogP contribution is -2.07. The van der Waals surface area contributed by atoms with Gasteiger partial charge in [-0.15, -0.1) is 0 Å². The maximum absolute atomic E-state index is 5.81. The van der Waals surface area contributed by atoms with Gasteiger partial charge in [-0.1, -0.05) is 30.3 Å². The Morgan fingerprint density at radius 2 is 1.86 bits per heavy atom. The van der Waals surface area contributed by atoms with Gasteiger partial charge in [-0.3, -0.25) is 4.99 Å². The fourth-order valence-corrected chi connectivity index (χ4v) is 2.42. The SMILES string of the molecule is COc1cc(OC)c2c(c1)OCCN=C2c1ccccc1. The third-order valence-electron chi connectivity index (χ3n) is 3.40. The Morgan fingerprint density at radius 3 is 2.57 bits per heavy atom. The van der Waals surface area contributed by atoms with Crippen molar-refractivity contribution in [2.45, 2.75) is 0 Å². The molecule has 0 fully saturated rings. The Balaban J connectivity index is 2.20. The van der Waals surface area contributed by atoms with Crippen LogP contribution < -0.4 is 14.2 Å². The van der Waals surface area contributed by atoms with Crippen molar-refractivity contribution in [1.82, 2.24) is 0 Å². The van der Waals surface area contributed by atoms with Gasteiger partial charge >= 0.3 is 0 Å². The first kappa shape index (κ1) is 13.5. The molecule has 0 atom stereocenters. The number of rotatable bonds is 3. The number of aliphatic imine (C=N–C) groups is 1. The van der Waals surface area contributed by atoms with Gasteiger partial charge < -0.3 is 14.2 Å². The Hall–Kier alpha value is -2.49. The first-order valence-corrected chi connectivity index (χ1v) is 6.82. The van der Waals surface area contributed by atoms with Crippen molar-refractivity contribution in [1.29, 1.82) is 0 Å². The molecule has 0 spiro atoms. The van der Waals surface area contributed by atoms with Crippen LogP contribution in [0.2, 0.25) is 0 Å². The molecule has 108 valence electrons. The summed E-state index contributed by atoms with van der Waals surface area (Å²) in [5, 5.41) is 0. The molecule has 0 bridgehead atoms. The van der Waals surface area contributed by atoms with Crippen molar-refractivity contribution in [3.8, 4) is 17.2 Å². The maximum Gasteiger partial charge on any atom is 0.136 e. The second-order valence-electron chi connectivity index (χ2n) is 4.65. The van der Waals surface area contributed by atoms with Crippen LogP contribution in [0.1, 0.15) is 11.1 Å². The molecule has 2 aromatic rings. The first-order chi connectivity index (χ1) is 10.3. The predicted molar refractivity (Wildman–Crippen MR) is 82.0 cm³/mol. The highest BCUT2D eigenvalue weighted by atomic mass is 16.5. The molecule has 1 aliphatic rings. The predicted octanol–water partition coefficient (Wildman–Crippen LogP) is 2.93. The molecular weight excluding hydrogens is 266 g/mol. The minimum Gasteiger partial charge on any atom is -0.496 e. The van der Waals surface area contributed by atoms with E-state index in [2.05, 4.69) is 4.99 Å². The number of nitrogens with zero attached hydrogens (tertiary/aromatic N) is 1. The molecule has 21 heavy (non-hydrogen) atoms. The summed E-state index contributed by atoms with van der Waals surface area (Å²) < 4.78 is 16.6. The van der Waals surface area contributed by atoms with Crippen molar-refractivity contribution in [2.24, 2.45) is 4.99 Å². The summed E-state index contributed by atoms with van der Waals surface area (Å²) in [5.74, 6) is 2.15. The minimum absolute atomic E-state index is 0.541. The quantitative estimate of drug-likeness (QED) is 0.869. The fraction of sp³-hybridized carbons (Fsp3) is 0.235. The van der Waals surface area contributed by atoms with Crippen LogP contribution in [0.3, 0.4) is 0 Å². The Bertz CT molecular complexity index is 665. The molecule has 1 aliphatic heterocycles. The lowest BCUT2D eigenvalue weighted by atomic mass is 10.00. The Morgan fingerprint density at radius 1 is 1.05 bits per heavy atom. The first-order valence-electron chi connectivity index (χ1n) is 6.82. The van der Waals surface area contributed by atoms with Crippen LogP contribution in [0.5, 0.6) is 17.2 Å². The Labute approximate surface area is 124 Å². The summed E-state index contributed by atoms with van der Waals surface area (Å²) in [6.45, 7) is 1.16. The molecule has 0 radical (unpaired) electrons. The molecule has 0 saturated carbocycles. The fourth-order valence-electron chi connectivity index (χ4n) is 2.42. The van der Waals surface area contributed by atoms with Crippen LogP contribution in [0.4, 0.5) is 0 Å². The molecule has 4 heteroatoms. The van der Waals surface area contributed by atoms with Gasteiger partial charge in [0.25, 0.3) is 0 Å². The van der Waals surface area contributed by atoms with Crippen LogP contribution in [-0.4, -0.2) is 33.1 Å². The van der Waals surface area contributed by atoms with E-state index in [4.69, 9.17) is 14.2 Å². The number of methoxy groups -OCH3 is 2. The lowest BCUT2D eigenvalue weighted by Gasteiger charge is -2.15. The van der Waals surface area contributed by atoms with E-state index in [0.717, 1.165) is 22.6 Å². The van der Waals surface area contributed by atoms with Gasteiger partial charge in [0.1, 0.15) is 23.9 Å². The molecule has 0 aliphatic carbocycles. The number of fused-ring (bicyclic) bond motifs is 1. The van der Waals surface area contributed by atoms with Gasteiger partial charge in [0, 0.05) is 17.7 Å². The van der Waals surface area contributed by atoms with E-state index in [1.807, 2.05) is 42.5 Å². The molecule has 0 amide bonds. The molecule has 0 unspecified atom stereocenters. The molecule has 0 N–H and O–H groups in total. The third kappa shape index (κ3) is 2.57. The van der Waals surface area contributed by atoms with Crippen LogP contribution >= 0.6 is 0 Å². The Kier molecular flexibility index (Phi) is 3.77. The van der Waals surface area contributed by atoms with Crippen LogP contribution in [0.25, 0.3) is 0 Å². The molecule has 1 heterocycles. The van der Waals surface area contributed by atoms with Crippen molar-refractivity contribution < 1.29 is 14.2 Å². The molecule has 4 nitrogen and oxygen atoms in total. The average Bonchev–Trinajstić information content (AvgIpc) is 2.77. The van der Waals surface area contributed by atoms with Gasteiger partial charge in [-0.25, -0.2) is 0 Å². The third-order valence-corrected chi connectivity index (χ3v) is 3.40. The van der Waals surface area contributed by atoms with E-state index < -0.39 is 0 Å². The minimum atomic E-state index is 0.541. The van der Waals surface area contributed by atoms with E-state index >= 15 is 0 Å². The maximum atomic E-state index is 5.81. The van der Waals surface area contributed by atoms with E-state index in [9.17, 15) is 0 Å². The number of hydrogen-bond acceptors (Lipinski definition) is 4. The van der Waals surface area contributed by atoms with Crippen LogP contribution in [0, 0.1) is 0 Å². The number of benzene rings is 2. The summed E-state index contributed by atoms with van der Waals surface area (Å²) in [5.41, 5.74) is 2.82. The zero-order chi connectivity index (χ0) is 14.7. The molecular formula is C17H17NO3. The van der Waals surface area contributed by atoms with Crippen LogP contribution in [0.15, 0.2) is 47.5 Å². The van der Waals surface area contributed by atoms with Gasteiger partial charge in [0.2, 0.25) is 0 Å². The van der Waals surface area contributed by atoms with Crippen molar-refractivity contribution in [2.75, 3.05) is 27.4 Å². The van der Waals surface area contributed by atoms with Gasteiger partial charge in [-0.2, -0.15) is 0 Å². The topological polar surface area (TPSA) is 40.0 Å². The summed E-state index contributed by atoms with van der Waals surface area (Å²) in [4.78, 5) is 4.67. The van der Waals surface area contributed by atoms with E-state index in [0.29, 0.717) is 24.7 Å². The highest BCUT2D eigenvalue weighted by Gasteiger charge is 2.22. The second-order valence-corrected chi connectivity index (χ2v) is 4.65. The smallest absolute Gasteiger partial charge is 0.136 e. The van der Waals surface area contributed by atoms with Crippen molar-refractivity contribution in [3.05, 3.63) is 53.6 Å². The van der Waals surface area contributed by atoms with E-state index in [-0.39, 0.29) is 0 Å². The number of ether oxygens (including phenoxy) is 3. The molecule has 0 saturated heterocycles. The highest BCUT2D eigenvalue weighted by Crippen LogP contribution is 2.37.